The standard InChI is InChI=1S/C13H7Cl2FO/c14-12-4-2-8(5-13(12)15)11-6-10(16)3-1-9(11)7-17/h1-7H. The summed E-state index contributed by atoms with van der Waals surface area (Å²) in [5.74, 6) is -0.406. The molecule has 0 unspecified atom stereocenters. The summed E-state index contributed by atoms with van der Waals surface area (Å²) in [5, 5.41) is 0.782. The van der Waals surface area contributed by atoms with E-state index in [1.165, 1.54) is 18.2 Å². The number of rotatable bonds is 2. The largest absolute Gasteiger partial charge is 0.298 e. The third-order valence-electron chi connectivity index (χ3n) is 2.37. The number of hydrogen-bond donors (Lipinski definition) is 0. The molecule has 0 fully saturated rings. The summed E-state index contributed by atoms with van der Waals surface area (Å²) in [7, 11) is 0. The van der Waals surface area contributed by atoms with Crippen molar-refractivity contribution in [3.8, 4) is 11.1 Å². The van der Waals surface area contributed by atoms with Gasteiger partial charge in [-0.15, -0.1) is 0 Å². The normalized spacial score (nSPS) is 10.3. The molecule has 0 N–H and O–H groups in total. The monoisotopic (exact) mass is 268 g/mol. The van der Waals surface area contributed by atoms with Crippen molar-refractivity contribution >= 4 is 29.5 Å². The van der Waals surface area contributed by atoms with Crippen LogP contribution in [0.25, 0.3) is 11.1 Å². The van der Waals surface area contributed by atoms with Crippen molar-refractivity contribution in [3.63, 3.8) is 0 Å². The minimum absolute atomic E-state index is 0.366. The molecule has 0 amide bonds. The van der Waals surface area contributed by atoms with Gasteiger partial charge in [-0.25, -0.2) is 4.39 Å². The molecule has 4 heteroatoms. The average Bonchev–Trinajstić information content (AvgIpc) is 2.32. The molecule has 0 atom stereocenters. The van der Waals surface area contributed by atoms with Crippen molar-refractivity contribution in [3.05, 3.63) is 57.8 Å². The summed E-state index contributed by atoms with van der Waals surface area (Å²) in [6.07, 6.45) is 0.678. The first-order chi connectivity index (χ1) is 8.11. The third-order valence-corrected chi connectivity index (χ3v) is 3.11. The van der Waals surface area contributed by atoms with Crippen LogP contribution in [-0.2, 0) is 0 Å². The van der Waals surface area contributed by atoms with Gasteiger partial charge in [-0.2, -0.15) is 0 Å². The van der Waals surface area contributed by atoms with E-state index in [1.807, 2.05) is 0 Å². The van der Waals surface area contributed by atoms with E-state index in [-0.39, 0.29) is 0 Å². The van der Waals surface area contributed by atoms with Gasteiger partial charge in [0.25, 0.3) is 0 Å². The van der Waals surface area contributed by atoms with E-state index in [1.54, 1.807) is 18.2 Å². The van der Waals surface area contributed by atoms with Gasteiger partial charge in [-0.1, -0.05) is 29.3 Å². The zero-order valence-electron chi connectivity index (χ0n) is 8.58. The van der Waals surface area contributed by atoms with Crippen molar-refractivity contribution in [2.75, 3.05) is 0 Å². The average molecular weight is 269 g/mol. The van der Waals surface area contributed by atoms with Crippen LogP contribution >= 0.6 is 23.2 Å². The van der Waals surface area contributed by atoms with E-state index in [0.717, 1.165) is 0 Å². The highest BCUT2D eigenvalue weighted by atomic mass is 35.5. The van der Waals surface area contributed by atoms with E-state index in [0.29, 0.717) is 33.0 Å². The number of aldehydes is 1. The molecular formula is C13H7Cl2FO. The van der Waals surface area contributed by atoms with Gasteiger partial charge in [0.15, 0.2) is 6.29 Å². The molecule has 0 aliphatic heterocycles. The second kappa shape index (κ2) is 4.86. The van der Waals surface area contributed by atoms with Gasteiger partial charge in [0.1, 0.15) is 5.82 Å². The fourth-order valence-corrected chi connectivity index (χ4v) is 1.84. The summed E-state index contributed by atoms with van der Waals surface area (Å²) in [5.41, 5.74) is 1.56. The van der Waals surface area contributed by atoms with E-state index in [4.69, 9.17) is 23.2 Å². The van der Waals surface area contributed by atoms with Crippen molar-refractivity contribution < 1.29 is 9.18 Å². The van der Waals surface area contributed by atoms with Crippen LogP contribution in [0.1, 0.15) is 10.4 Å². The van der Waals surface area contributed by atoms with Crippen LogP contribution in [-0.4, -0.2) is 6.29 Å². The minimum Gasteiger partial charge on any atom is -0.298 e. The Morgan fingerprint density at radius 1 is 1.00 bits per heavy atom. The lowest BCUT2D eigenvalue weighted by Gasteiger charge is -2.06. The number of hydrogen-bond acceptors (Lipinski definition) is 1. The van der Waals surface area contributed by atoms with Gasteiger partial charge in [0.05, 0.1) is 10.0 Å². The summed E-state index contributed by atoms with van der Waals surface area (Å²) in [4.78, 5) is 10.9. The fraction of sp³-hybridized carbons (Fsp3) is 0. The predicted octanol–water partition coefficient (Wildman–Crippen LogP) is 4.61. The van der Waals surface area contributed by atoms with Gasteiger partial charge in [0, 0.05) is 5.56 Å². The maximum absolute atomic E-state index is 13.2. The van der Waals surface area contributed by atoms with Crippen molar-refractivity contribution in [2.45, 2.75) is 0 Å². The van der Waals surface area contributed by atoms with Gasteiger partial charge in [0.2, 0.25) is 0 Å². The highest BCUT2D eigenvalue weighted by molar-refractivity contribution is 6.42. The molecule has 2 aromatic rings. The van der Waals surface area contributed by atoms with Gasteiger partial charge >= 0.3 is 0 Å². The Hall–Kier alpha value is -1.38. The molecule has 0 bridgehead atoms. The first kappa shape index (κ1) is 12.1. The van der Waals surface area contributed by atoms with Gasteiger partial charge in [-0.05, 0) is 41.5 Å². The van der Waals surface area contributed by atoms with Crippen molar-refractivity contribution in [2.24, 2.45) is 0 Å². The molecule has 0 aliphatic rings. The second-order valence-electron chi connectivity index (χ2n) is 3.48. The molecule has 86 valence electrons. The first-order valence-electron chi connectivity index (χ1n) is 4.82. The Labute approximate surface area is 108 Å². The lowest BCUT2D eigenvalue weighted by molar-refractivity contribution is 0.112. The Morgan fingerprint density at radius 2 is 1.76 bits per heavy atom. The van der Waals surface area contributed by atoms with Crippen LogP contribution in [0.15, 0.2) is 36.4 Å². The SMILES string of the molecule is O=Cc1ccc(F)cc1-c1ccc(Cl)c(Cl)c1. The molecule has 0 aliphatic carbocycles. The summed E-state index contributed by atoms with van der Waals surface area (Å²) < 4.78 is 13.2. The molecule has 17 heavy (non-hydrogen) atoms. The van der Waals surface area contributed by atoms with E-state index in [2.05, 4.69) is 0 Å². The van der Waals surface area contributed by atoms with Gasteiger partial charge in [-0.3, -0.25) is 4.79 Å². The van der Waals surface area contributed by atoms with Crippen LogP contribution in [0, 0.1) is 5.82 Å². The number of carbonyl (C=O) groups is 1. The van der Waals surface area contributed by atoms with E-state index in [9.17, 15) is 9.18 Å². The molecule has 0 heterocycles. The topological polar surface area (TPSA) is 17.1 Å². The van der Waals surface area contributed by atoms with Crippen LogP contribution in [0.5, 0.6) is 0 Å². The van der Waals surface area contributed by atoms with E-state index >= 15 is 0 Å². The van der Waals surface area contributed by atoms with E-state index < -0.39 is 5.82 Å². The molecule has 0 saturated heterocycles. The molecule has 2 rings (SSSR count). The van der Waals surface area contributed by atoms with Gasteiger partial charge < -0.3 is 0 Å². The maximum Gasteiger partial charge on any atom is 0.150 e. The first-order valence-corrected chi connectivity index (χ1v) is 5.57. The molecule has 0 saturated carbocycles. The van der Waals surface area contributed by atoms with Crippen molar-refractivity contribution in [1.29, 1.82) is 0 Å². The van der Waals surface area contributed by atoms with Crippen LogP contribution < -0.4 is 0 Å². The van der Waals surface area contributed by atoms with Crippen LogP contribution in [0.4, 0.5) is 4.39 Å². The molecule has 0 radical (unpaired) electrons. The second-order valence-corrected chi connectivity index (χ2v) is 4.29. The number of carbonyl (C=O) groups excluding carboxylic acids is 1. The summed E-state index contributed by atoms with van der Waals surface area (Å²) >= 11 is 11.7. The van der Waals surface area contributed by atoms with Crippen LogP contribution in [0.2, 0.25) is 10.0 Å². The van der Waals surface area contributed by atoms with Crippen molar-refractivity contribution in [1.82, 2.24) is 0 Å². The lowest BCUT2D eigenvalue weighted by atomic mass is 10.0. The Kier molecular flexibility index (Phi) is 3.46. The Morgan fingerprint density at radius 3 is 2.41 bits per heavy atom. The molecule has 2 aromatic carbocycles. The summed E-state index contributed by atoms with van der Waals surface area (Å²) in [6.45, 7) is 0. The smallest absolute Gasteiger partial charge is 0.150 e. The highest BCUT2D eigenvalue weighted by Gasteiger charge is 2.08. The zero-order valence-corrected chi connectivity index (χ0v) is 10.1. The Balaban J connectivity index is 2.62. The predicted molar refractivity (Wildman–Crippen MR) is 67.2 cm³/mol. The molecular weight excluding hydrogens is 262 g/mol. The summed E-state index contributed by atoms with van der Waals surface area (Å²) in [6, 6.07) is 8.87. The highest BCUT2D eigenvalue weighted by Crippen LogP contribution is 2.30. The molecule has 1 nitrogen and oxygen atoms in total. The quantitative estimate of drug-likeness (QED) is 0.727. The Bertz CT molecular complexity index is 582. The number of benzene rings is 2. The third kappa shape index (κ3) is 2.48. The zero-order chi connectivity index (χ0) is 12.4. The molecule has 0 aromatic heterocycles. The number of halogens is 3. The molecule has 0 spiro atoms. The lowest BCUT2D eigenvalue weighted by Crippen LogP contribution is -1.89. The fourth-order valence-electron chi connectivity index (χ4n) is 1.54. The minimum atomic E-state index is -0.406. The maximum atomic E-state index is 13.2. The van der Waals surface area contributed by atoms with Crippen LogP contribution in [0.3, 0.4) is 0 Å².